The van der Waals surface area contributed by atoms with Crippen LogP contribution in [-0.4, -0.2) is 28.9 Å². The number of para-hydroxylation sites is 1. The van der Waals surface area contributed by atoms with Crippen LogP contribution < -0.4 is 9.47 Å². The van der Waals surface area contributed by atoms with Gasteiger partial charge in [-0.05, 0) is 19.9 Å². The SMILES string of the molecule is CN(N=O)C(=O)Oc1cccc2c1OC(C)(C)C2O. The molecule has 1 aromatic carbocycles. The van der Waals surface area contributed by atoms with Gasteiger partial charge in [-0.2, -0.15) is 5.01 Å². The zero-order valence-electron chi connectivity index (χ0n) is 10.8. The number of aliphatic hydroxyl groups excluding tert-OH is 1. The van der Waals surface area contributed by atoms with Gasteiger partial charge in [0.1, 0.15) is 11.7 Å². The van der Waals surface area contributed by atoms with Crippen LogP contribution >= 0.6 is 0 Å². The zero-order valence-corrected chi connectivity index (χ0v) is 10.8. The van der Waals surface area contributed by atoms with Crippen LogP contribution in [0.4, 0.5) is 4.79 Å². The summed E-state index contributed by atoms with van der Waals surface area (Å²) in [6, 6.07) is 4.83. The molecule has 0 spiro atoms. The Morgan fingerprint density at radius 3 is 2.84 bits per heavy atom. The average Bonchev–Trinajstić information content (AvgIpc) is 2.61. The summed E-state index contributed by atoms with van der Waals surface area (Å²) < 4.78 is 10.6. The molecule has 0 saturated heterocycles. The number of ether oxygens (including phenoxy) is 2. The summed E-state index contributed by atoms with van der Waals surface area (Å²) in [5, 5.41) is 13.0. The van der Waals surface area contributed by atoms with Gasteiger partial charge in [0.15, 0.2) is 11.5 Å². The van der Waals surface area contributed by atoms with E-state index in [1.54, 1.807) is 26.0 Å². The molecule has 0 bridgehead atoms. The van der Waals surface area contributed by atoms with E-state index in [0.29, 0.717) is 16.3 Å². The maximum absolute atomic E-state index is 11.5. The molecule has 1 heterocycles. The molecule has 1 atom stereocenters. The predicted octanol–water partition coefficient (Wildman–Crippen LogP) is 2.00. The van der Waals surface area contributed by atoms with E-state index < -0.39 is 17.8 Å². The zero-order chi connectivity index (χ0) is 14.2. The Morgan fingerprint density at radius 2 is 2.21 bits per heavy atom. The lowest BCUT2D eigenvalue weighted by Gasteiger charge is -2.21. The number of nitroso groups, excluding NO2 is 1. The molecule has 0 radical (unpaired) electrons. The minimum absolute atomic E-state index is 0.141. The molecule has 7 nitrogen and oxygen atoms in total. The normalized spacial score (nSPS) is 19.3. The summed E-state index contributed by atoms with van der Waals surface area (Å²) in [5.74, 6) is 0.440. The van der Waals surface area contributed by atoms with Gasteiger partial charge in [0.25, 0.3) is 0 Å². The average molecular weight is 266 g/mol. The third-order valence-electron chi connectivity index (χ3n) is 2.91. The van der Waals surface area contributed by atoms with Crippen LogP contribution in [0.2, 0.25) is 0 Å². The fourth-order valence-corrected chi connectivity index (χ4v) is 1.82. The van der Waals surface area contributed by atoms with E-state index >= 15 is 0 Å². The number of hydrogen-bond acceptors (Lipinski definition) is 6. The minimum Gasteiger partial charge on any atom is -0.480 e. The molecule has 1 N–H and O–H groups in total. The number of aliphatic hydroxyl groups is 1. The Balaban J connectivity index is 2.32. The van der Waals surface area contributed by atoms with Crippen LogP contribution in [0.25, 0.3) is 0 Å². The summed E-state index contributed by atoms with van der Waals surface area (Å²) in [7, 11) is 1.18. The summed E-state index contributed by atoms with van der Waals surface area (Å²) in [6.45, 7) is 3.45. The highest BCUT2D eigenvalue weighted by atomic mass is 16.6. The molecule has 0 saturated carbocycles. The van der Waals surface area contributed by atoms with Crippen molar-refractivity contribution in [1.82, 2.24) is 5.01 Å². The number of nitrogens with zero attached hydrogens (tertiary/aromatic N) is 2. The summed E-state index contributed by atoms with van der Waals surface area (Å²) in [4.78, 5) is 21.7. The van der Waals surface area contributed by atoms with E-state index in [0.717, 1.165) is 0 Å². The summed E-state index contributed by atoms with van der Waals surface area (Å²) in [6.07, 6.45) is -1.74. The van der Waals surface area contributed by atoms with E-state index in [1.807, 2.05) is 0 Å². The lowest BCUT2D eigenvalue weighted by Crippen LogP contribution is -2.30. The first kappa shape index (κ1) is 13.3. The van der Waals surface area contributed by atoms with Gasteiger partial charge >= 0.3 is 6.09 Å². The van der Waals surface area contributed by atoms with E-state index in [9.17, 15) is 14.8 Å². The van der Waals surface area contributed by atoms with E-state index in [4.69, 9.17) is 9.47 Å². The highest BCUT2D eigenvalue weighted by molar-refractivity contribution is 5.71. The summed E-state index contributed by atoms with van der Waals surface area (Å²) >= 11 is 0. The third kappa shape index (κ3) is 2.24. The molecule has 0 aromatic heterocycles. The lowest BCUT2D eigenvalue weighted by atomic mass is 9.98. The Hall–Kier alpha value is -2.15. The van der Waals surface area contributed by atoms with Gasteiger partial charge in [-0.3, -0.25) is 0 Å². The molecular weight excluding hydrogens is 252 g/mol. The van der Waals surface area contributed by atoms with Gasteiger partial charge in [-0.25, -0.2) is 4.79 Å². The molecule has 0 fully saturated rings. The van der Waals surface area contributed by atoms with E-state index in [-0.39, 0.29) is 5.75 Å². The second-order valence-corrected chi connectivity index (χ2v) is 4.76. The topological polar surface area (TPSA) is 88.4 Å². The maximum atomic E-state index is 11.5. The van der Waals surface area contributed by atoms with Gasteiger partial charge in [0.2, 0.25) is 0 Å². The number of carbonyl (C=O) groups is 1. The predicted molar refractivity (Wildman–Crippen MR) is 65.7 cm³/mol. The van der Waals surface area contributed by atoms with Crippen LogP contribution in [0.1, 0.15) is 25.5 Å². The highest BCUT2D eigenvalue weighted by Crippen LogP contribution is 2.47. The Kier molecular flexibility index (Phi) is 3.15. The quantitative estimate of drug-likeness (QED) is 0.653. The van der Waals surface area contributed by atoms with Crippen molar-refractivity contribution in [2.24, 2.45) is 5.29 Å². The van der Waals surface area contributed by atoms with Crippen molar-refractivity contribution in [3.8, 4) is 11.5 Å². The molecule has 102 valence electrons. The number of carbonyl (C=O) groups excluding carboxylic acids is 1. The first-order chi connectivity index (χ1) is 8.86. The minimum atomic E-state index is -0.925. The van der Waals surface area contributed by atoms with Crippen molar-refractivity contribution in [3.63, 3.8) is 0 Å². The van der Waals surface area contributed by atoms with Crippen LogP contribution in [-0.2, 0) is 0 Å². The van der Waals surface area contributed by atoms with Crippen molar-refractivity contribution in [2.75, 3.05) is 7.05 Å². The van der Waals surface area contributed by atoms with Gasteiger partial charge in [-0.15, -0.1) is 4.91 Å². The lowest BCUT2D eigenvalue weighted by molar-refractivity contribution is -0.000274. The molecule has 1 aliphatic rings. The number of rotatable bonds is 2. The van der Waals surface area contributed by atoms with Crippen LogP contribution in [0.15, 0.2) is 23.5 Å². The van der Waals surface area contributed by atoms with Gasteiger partial charge in [0.05, 0.1) is 5.29 Å². The molecule has 1 aromatic rings. The first-order valence-corrected chi connectivity index (χ1v) is 5.65. The first-order valence-electron chi connectivity index (χ1n) is 5.65. The maximum Gasteiger partial charge on any atom is 0.438 e. The van der Waals surface area contributed by atoms with Crippen LogP contribution in [0.3, 0.4) is 0 Å². The van der Waals surface area contributed by atoms with Gasteiger partial charge in [-0.1, -0.05) is 12.1 Å². The van der Waals surface area contributed by atoms with Gasteiger partial charge in [0, 0.05) is 12.6 Å². The molecule has 1 aliphatic heterocycles. The summed E-state index contributed by atoms with van der Waals surface area (Å²) in [5.41, 5.74) is -0.267. The second-order valence-electron chi connectivity index (χ2n) is 4.76. The number of fused-ring (bicyclic) bond motifs is 1. The molecule has 1 amide bonds. The smallest absolute Gasteiger partial charge is 0.438 e. The third-order valence-corrected chi connectivity index (χ3v) is 2.91. The van der Waals surface area contributed by atoms with Crippen LogP contribution in [0, 0.1) is 4.91 Å². The molecule has 1 unspecified atom stereocenters. The molecule has 19 heavy (non-hydrogen) atoms. The number of amides is 1. The number of benzene rings is 1. The highest BCUT2D eigenvalue weighted by Gasteiger charge is 2.41. The molecular formula is C12H14N2O5. The van der Waals surface area contributed by atoms with Gasteiger partial charge < -0.3 is 14.6 Å². The fraction of sp³-hybridized carbons (Fsp3) is 0.417. The standard InChI is InChI=1S/C12H14N2O5/c1-12(2)10(15)7-5-4-6-8(9(7)19-12)18-11(16)14(3)13-17/h4-6,10,15H,1-3H3. The van der Waals surface area contributed by atoms with Crippen molar-refractivity contribution < 1.29 is 19.4 Å². The number of hydrogen-bond donors (Lipinski definition) is 1. The van der Waals surface area contributed by atoms with Crippen LogP contribution in [0.5, 0.6) is 11.5 Å². The molecule has 2 rings (SSSR count). The Morgan fingerprint density at radius 1 is 1.53 bits per heavy atom. The van der Waals surface area contributed by atoms with Crippen molar-refractivity contribution in [3.05, 3.63) is 28.7 Å². The second kappa shape index (κ2) is 4.51. The van der Waals surface area contributed by atoms with E-state index in [1.165, 1.54) is 13.1 Å². The van der Waals surface area contributed by atoms with E-state index in [2.05, 4.69) is 5.29 Å². The Bertz CT molecular complexity index is 529. The Labute approximate surface area is 109 Å². The largest absolute Gasteiger partial charge is 0.480 e. The molecule has 7 heteroatoms. The molecule has 0 aliphatic carbocycles. The monoisotopic (exact) mass is 266 g/mol. The van der Waals surface area contributed by atoms with Crippen molar-refractivity contribution in [1.29, 1.82) is 0 Å². The van der Waals surface area contributed by atoms with Crippen molar-refractivity contribution >= 4 is 6.09 Å². The fourth-order valence-electron chi connectivity index (χ4n) is 1.82. The van der Waals surface area contributed by atoms with Crippen molar-refractivity contribution in [2.45, 2.75) is 25.6 Å².